The van der Waals surface area contributed by atoms with Crippen molar-refractivity contribution in [3.63, 3.8) is 0 Å². The van der Waals surface area contributed by atoms with Crippen molar-refractivity contribution in [3.8, 4) is 11.5 Å². The standard InChI is InChI=1S/C16H21N3O3S/c1-11-9-12(2)19(17-11)6-4-5-18(3)16(20)15-14-13(10-23-15)21-7-8-22-14/h9-10H,4-8H2,1-3H3. The summed E-state index contributed by atoms with van der Waals surface area (Å²) in [6, 6.07) is 2.06. The Labute approximate surface area is 139 Å². The predicted molar refractivity (Wildman–Crippen MR) is 88.6 cm³/mol. The van der Waals surface area contributed by atoms with Crippen molar-refractivity contribution in [2.45, 2.75) is 26.8 Å². The Hall–Kier alpha value is -2.02. The van der Waals surface area contributed by atoms with Gasteiger partial charge < -0.3 is 14.4 Å². The molecule has 0 fully saturated rings. The smallest absolute Gasteiger partial charge is 0.267 e. The van der Waals surface area contributed by atoms with E-state index in [4.69, 9.17) is 9.47 Å². The van der Waals surface area contributed by atoms with E-state index in [1.165, 1.54) is 11.3 Å². The number of amides is 1. The van der Waals surface area contributed by atoms with Crippen LogP contribution in [0.15, 0.2) is 11.4 Å². The van der Waals surface area contributed by atoms with Gasteiger partial charge in [-0.3, -0.25) is 9.48 Å². The second-order valence-electron chi connectivity index (χ2n) is 5.69. The van der Waals surface area contributed by atoms with Gasteiger partial charge in [0.1, 0.15) is 18.1 Å². The molecule has 1 amide bonds. The lowest BCUT2D eigenvalue weighted by Crippen LogP contribution is -2.28. The highest BCUT2D eigenvalue weighted by Crippen LogP contribution is 2.39. The second-order valence-corrected chi connectivity index (χ2v) is 6.57. The van der Waals surface area contributed by atoms with Crippen LogP contribution in [0.1, 0.15) is 27.5 Å². The molecule has 6 nitrogen and oxygen atoms in total. The van der Waals surface area contributed by atoms with E-state index >= 15 is 0 Å². The Kier molecular flexibility index (Phi) is 4.56. The van der Waals surface area contributed by atoms with E-state index in [2.05, 4.69) is 11.2 Å². The van der Waals surface area contributed by atoms with Gasteiger partial charge >= 0.3 is 0 Å². The lowest BCUT2D eigenvalue weighted by molar-refractivity contribution is 0.0787. The van der Waals surface area contributed by atoms with Gasteiger partial charge in [-0.2, -0.15) is 5.10 Å². The van der Waals surface area contributed by atoms with Crippen molar-refractivity contribution in [3.05, 3.63) is 27.7 Å². The molecule has 3 rings (SSSR count). The molecule has 1 aliphatic rings. The van der Waals surface area contributed by atoms with E-state index < -0.39 is 0 Å². The summed E-state index contributed by atoms with van der Waals surface area (Å²) in [4.78, 5) is 14.9. The monoisotopic (exact) mass is 335 g/mol. The molecular formula is C16H21N3O3S. The number of thiophene rings is 1. The maximum atomic E-state index is 12.6. The summed E-state index contributed by atoms with van der Waals surface area (Å²) in [5.74, 6) is 1.26. The Morgan fingerprint density at radius 1 is 1.39 bits per heavy atom. The van der Waals surface area contributed by atoms with Crippen LogP contribution in [-0.2, 0) is 6.54 Å². The van der Waals surface area contributed by atoms with E-state index in [1.807, 2.05) is 31.0 Å². The summed E-state index contributed by atoms with van der Waals surface area (Å²) >= 11 is 1.38. The van der Waals surface area contributed by atoms with Crippen LogP contribution in [-0.4, -0.2) is 47.4 Å². The lowest BCUT2D eigenvalue weighted by Gasteiger charge is -2.19. The molecule has 0 N–H and O–H groups in total. The predicted octanol–water partition coefficient (Wildman–Crippen LogP) is 2.49. The maximum absolute atomic E-state index is 12.6. The normalized spacial score (nSPS) is 13.2. The third-order valence-electron chi connectivity index (χ3n) is 3.81. The van der Waals surface area contributed by atoms with Crippen molar-refractivity contribution < 1.29 is 14.3 Å². The van der Waals surface area contributed by atoms with Crippen LogP contribution in [0.3, 0.4) is 0 Å². The number of aromatic nitrogens is 2. The third-order valence-corrected chi connectivity index (χ3v) is 4.74. The molecule has 0 radical (unpaired) electrons. The number of ether oxygens (including phenoxy) is 2. The minimum Gasteiger partial charge on any atom is -0.485 e. The van der Waals surface area contributed by atoms with Crippen molar-refractivity contribution in [1.82, 2.24) is 14.7 Å². The largest absolute Gasteiger partial charge is 0.485 e. The number of carbonyl (C=O) groups is 1. The first-order valence-electron chi connectivity index (χ1n) is 7.70. The SMILES string of the molecule is Cc1cc(C)n(CCCN(C)C(=O)c2scc3c2OCCO3)n1. The Bertz CT molecular complexity index is 707. The molecule has 7 heteroatoms. The molecule has 0 spiro atoms. The average Bonchev–Trinajstić information content (AvgIpc) is 3.09. The molecule has 23 heavy (non-hydrogen) atoms. The summed E-state index contributed by atoms with van der Waals surface area (Å²) in [5, 5.41) is 6.28. The molecule has 2 aromatic heterocycles. The quantitative estimate of drug-likeness (QED) is 0.842. The van der Waals surface area contributed by atoms with Crippen LogP contribution in [0.5, 0.6) is 11.5 Å². The van der Waals surface area contributed by atoms with Gasteiger partial charge in [-0.15, -0.1) is 11.3 Å². The van der Waals surface area contributed by atoms with Crippen LogP contribution in [0.4, 0.5) is 0 Å². The van der Waals surface area contributed by atoms with Gasteiger partial charge in [0.05, 0.1) is 5.69 Å². The molecule has 0 aliphatic carbocycles. The fourth-order valence-electron chi connectivity index (χ4n) is 2.64. The van der Waals surface area contributed by atoms with E-state index in [1.54, 1.807) is 4.90 Å². The zero-order valence-electron chi connectivity index (χ0n) is 13.7. The minimum absolute atomic E-state index is 0.0184. The second kappa shape index (κ2) is 6.62. The molecule has 124 valence electrons. The van der Waals surface area contributed by atoms with Crippen molar-refractivity contribution in [2.24, 2.45) is 0 Å². The van der Waals surface area contributed by atoms with Crippen LogP contribution in [0, 0.1) is 13.8 Å². The van der Waals surface area contributed by atoms with Crippen molar-refractivity contribution in [1.29, 1.82) is 0 Å². The van der Waals surface area contributed by atoms with E-state index in [0.29, 0.717) is 36.1 Å². The lowest BCUT2D eigenvalue weighted by atomic mass is 10.3. The van der Waals surface area contributed by atoms with Crippen LogP contribution in [0.2, 0.25) is 0 Å². The maximum Gasteiger partial charge on any atom is 0.267 e. The van der Waals surface area contributed by atoms with Gasteiger partial charge in [-0.05, 0) is 26.3 Å². The summed E-state index contributed by atoms with van der Waals surface area (Å²) in [6.45, 7) is 6.54. The number of hydrogen-bond donors (Lipinski definition) is 0. The number of rotatable bonds is 5. The zero-order chi connectivity index (χ0) is 16.4. The molecule has 3 heterocycles. The fourth-order valence-corrected chi connectivity index (χ4v) is 3.57. The molecule has 0 saturated heterocycles. The van der Waals surface area contributed by atoms with Gasteiger partial charge in [0.25, 0.3) is 5.91 Å². The minimum atomic E-state index is -0.0184. The van der Waals surface area contributed by atoms with E-state index in [9.17, 15) is 4.79 Å². The topological polar surface area (TPSA) is 56.6 Å². The first-order valence-corrected chi connectivity index (χ1v) is 8.58. The molecule has 2 aromatic rings. The number of carbonyl (C=O) groups excluding carboxylic acids is 1. The number of fused-ring (bicyclic) bond motifs is 1. The highest BCUT2D eigenvalue weighted by Gasteiger charge is 2.25. The summed E-state index contributed by atoms with van der Waals surface area (Å²) in [6.07, 6.45) is 0.856. The molecule has 1 aliphatic heterocycles. The Balaban J connectivity index is 1.57. The average molecular weight is 335 g/mol. The van der Waals surface area contributed by atoms with E-state index in [0.717, 1.165) is 24.4 Å². The molecule has 0 saturated carbocycles. The Morgan fingerprint density at radius 2 is 2.17 bits per heavy atom. The molecular weight excluding hydrogens is 314 g/mol. The first kappa shape index (κ1) is 15.9. The van der Waals surface area contributed by atoms with Gasteiger partial charge in [0.2, 0.25) is 0 Å². The van der Waals surface area contributed by atoms with Gasteiger partial charge in [-0.1, -0.05) is 0 Å². The van der Waals surface area contributed by atoms with Crippen molar-refractivity contribution >= 4 is 17.2 Å². The highest BCUT2D eigenvalue weighted by molar-refractivity contribution is 7.12. The molecule has 0 bridgehead atoms. The molecule has 0 aromatic carbocycles. The van der Waals surface area contributed by atoms with E-state index in [-0.39, 0.29) is 5.91 Å². The molecule has 0 unspecified atom stereocenters. The van der Waals surface area contributed by atoms with Crippen LogP contribution < -0.4 is 9.47 Å². The summed E-state index contributed by atoms with van der Waals surface area (Å²) in [7, 11) is 1.82. The van der Waals surface area contributed by atoms with Crippen molar-refractivity contribution in [2.75, 3.05) is 26.8 Å². The van der Waals surface area contributed by atoms with Gasteiger partial charge in [0.15, 0.2) is 11.5 Å². The number of hydrogen-bond acceptors (Lipinski definition) is 5. The number of aryl methyl sites for hydroxylation is 3. The number of nitrogens with zero attached hydrogens (tertiary/aromatic N) is 3. The summed E-state index contributed by atoms with van der Waals surface area (Å²) < 4.78 is 13.1. The highest BCUT2D eigenvalue weighted by atomic mass is 32.1. The molecule has 0 atom stereocenters. The van der Waals surface area contributed by atoms with Gasteiger partial charge in [-0.25, -0.2) is 0 Å². The summed E-state index contributed by atoms with van der Waals surface area (Å²) in [5.41, 5.74) is 2.17. The third kappa shape index (κ3) is 3.34. The zero-order valence-corrected chi connectivity index (χ0v) is 14.5. The van der Waals surface area contributed by atoms with Crippen LogP contribution in [0.25, 0.3) is 0 Å². The first-order chi connectivity index (χ1) is 11.1. The fraction of sp³-hybridized carbons (Fsp3) is 0.500. The van der Waals surface area contributed by atoms with Gasteiger partial charge in [0, 0.05) is 31.2 Å². The van der Waals surface area contributed by atoms with Crippen LogP contribution >= 0.6 is 11.3 Å². The Morgan fingerprint density at radius 3 is 2.91 bits per heavy atom.